The Morgan fingerprint density at radius 1 is 1.06 bits per heavy atom. The van der Waals surface area contributed by atoms with Crippen molar-refractivity contribution in [3.05, 3.63) is 77.6 Å². The van der Waals surface area contributed by atoms with Crippen molar-refractivity contribution >= 4 is 35.0 Å². The van der Waals surface area contributed by atoms with E-state index in [4.69, 9.17) is 9.47 Å². The minimum Gasteiger partial charge on any atom is -0.497 e. The fourth-order valence-corrected chi connectivity index (χ4v) is 4.53. The molecule has 32 heavy (non-hydrogen) atoms. The Kier molecular flexibility index (Phi) is 6.43. The minimum atomic E-state index is -0.670. The number of nitrogens with one attached hydrogen (secondary N) is 1. The van der Waals surface area contributed by atoms with Crippen molar-refractivity contribution in [3.63, 3.8) is 0 Å². The molecular formula is C24H21FN2O4S. The fourth-order valence-electron chi connectivity index (χ4n) is 3.41. The first-order valence-electron chi connectivity index (χ1n) is 9.88. The molecule has 1 N–H and O–H groups in total. The Labute approximate surface area is 189 Å². The van der Waals surface area contributed by atoms with E-state index in [0.29, 0.717) is 30.2 Å². The summed E-state index contributed by atoms with van der Waals surface area (Å²) in [6, 6.07) is 16.7. The van der Waals surface area contributed by atoms with E-state index in [0.717, 1.165) is 21.5 Å². The van der Waals surface area contributed by atoms with Gasteiger partial charge in [-0.15, -0.1) is 0 Å². The summed E-state index contributed by atoms with van der Waals surface area (Å²) in [5, 5.41) is 2.74. The van der Waals surface area contributed by atoms with Crippen molar-refractivity contribution < 1.29 is 23.5 Å². The van der Waals surface area contributed by atoms with Crippen LogP contribution >= 0.6 is 11.8 Å². The van der Waals surface area contributed by atoms with Crippen LogP contribution in [0, 0.1) is 5.82 Å². The summed E-state index contributed by atoms with van der Waals surface area (Å²) in [5.74, 6) is -1.02. The van der Waals surface area contributed by atoms with E-state index >= 15 is 0 Å². The SMILES string of the molecule is COCCN1C(=O)c2ccccc2Sc2cc(NC(=O)c3ccc(OC)cc3F)ccc21. The van der Waals surface area contributed by atoms with Gasteiger partial charge in [0.2, 0.25) is 0 Å². The Morgan fingerprint density at radius 3 is 2.62 bits per heavy atom. The zero-order valence-corrected chi connectivity index (χ0v) is 18.4. The number of carbonyl (C=O) groups excluding carboxylic acids is 2. The van der Waals surface area contributed by atoms with Gasteiger partial charge in [-0.3, -0.25) is 9.59 Å². The van der Waals surface area contributed by atoms with Crippen LogP contribution in [0.3, 0.4) is 0 Å². The average molecular weight is 453 g/mol. The Bertz CT molecular complexity index is 1180. The number of fused-ring (bicyclic) bond motifs is 2. The van der Waals surface area contributed by atoms with Crippen LogP contribution in [-0.4, -0.2) is 39.2 Å². The van der Waals surface area contributed by atoms with Gasteiger partial charge >= 0.3 is 0 Å². The first kappa shape index (κ1) is 21.9. The van der Waals surface area contributed by atoms with E-state index in [1.807, 2.05) is 18.2 Å². The minimum absolute atomic E-state index is 0.0874. The van der Waals surface area contributed by atoms with Gasteiger partial charge in [-0.05, 0) is 42.5 Å². The number of hydrogen-bond acceptors (Lipinski definition) is 5. The Balaban J connectivity index is 1.67. The van der Waals surface area contributed by atoms with Gasteiger partial charge < -0.3 is 19.7 Å². The van der Waals surface area contributed by atoms with Crippen LogP contribution in [0.15, 0.2) is 70.5 Å². The third-order valence-corrected chi connectivity index (χ3v) is 6.15. The van der Waals surface area contributed by atoms with Gasteiger partial charge in [0.05, 0.1) is 30.5 Å². The predicted molar refractivity (Wildman–Crippen MR) is 121 cm³/mol. The maximum absolute atomic E-state index is 14.3. The smallest absolute Gasteiger partial charge is 0.259 e. The summed E-state index contributed by atoms with van der Waals surface area (Å²) in [5.41, 5.74) is 1.74. The molecular weight excluding hydrogens is 431 g/mol. The summed E-state index contributed by atoms with van der Waals surface area (Å²) in [6.07, 6.45) is 0. The summed E-state index contributed by atoms with van der Waals surface area (Å²) in [4.78, 5) is 29.1. The number of nitrogens with zero attached hydrogens (tertiary/aromatic N) is 1. The lowest BCUT2D eigenvalue weighted by Gasteiger charge is -2.23. The predicted octanol–water partition coefficient (Wildman–Crippen LogP) is 4.84. The molecule has 0 atom stereocenters. The van der Waals surface area contributed by atoms with E-state index in [1.54, 1.807) is 36.3 Å². The molecule has 0 unspecified atom stereocenters. The zero-order valence-electron chi connectivity index (χ0n) is 17.6. The van der Waals surface area contributed by atoms with E-state index in [-0.39, 0.29) is 11.5 Å². The van der Waals surface area contributed by atoms with Crippen molar-refractivity contribution in [3.8, 4) is 5.75 Å². The molecule has 6 nitrogen and oxygen atoms in total. The molecule has 0 aliphatic carbocycles. The van der Waals surface area contributed by atoms with Gasteiger partial charge in [0.15, 0.2) is 0 Å². The number of carbonyl (C=O) groups is 2. The van der Waals surface area contributed by atoms with Crippen molar-refractivity contribution in [1.82, 2.24) is 0 Å². The summed E-state index contributed by atoms with van der Waals surface area (Å²) < 4.78 is 24.5. The highest BCUT2D eigenvalue weighted by Gasteiger charge is 2.27. The highest BCUT2D eigenvalue weighted by atomic mass is 32.2. The number of amides is 2. The van der Waals surface area contributed by atoms with Crippen molar-refractivity contribution in [2.45, 2.75) is 9.79 Å². The molecule has 3 aromatic rings. The lowest BCUT2D eigenvalue weighted by molar-refractivity contribution is 0.0971. The molecule has 0 aromatic heterocycles. The molecule has 1 aliphatic heterocycles. The number of benzene rings is 3. The van der Waals surface area contributed by atoms with Gasteiger partial charge in [0, 0.05) is 35.2 Å². The molecule has 0 spiro atoms. The van der Waals surface area contributed by atoms with E-state index < -0.39 is 11.7 Å². The molecule has 1 aliphatic rings. The zero-order chi connectivity index (χ0) is 22.7. The van der Waals surface area contributed by atoms with Crippen LogP contribution in [0.25, 0.3) is 0 Å². The molecule has 0 saturated carbocycles. The van der Waals surface area contributed by atoms with Crippen LogP contribution in [0.5, 0.6) is 5.75 Å². The van der Waals surface area contributed by atoms with Crippen LogP contribution in [-0.2, 0) is 4.74 Å². The van der Waals surface area contributed by atoms with Crippen LogP contribution in [0.1, 0.15) is 20.7 Å². The molecule has 3 aromatic carbocycles. The summed E-state index contributed by atoms with van der Waals surface area (Å²) in [7, 11) is 3.02. The molecule has 164 valence electrons. The van der Waals surface area contributed by atoms with E-state index in [1.165, 1.54) is 31.0 Å². The lowest BCUT2D eigenvalue weighted by atomic mass is 10.1. The molecule has 1 heterocycles. The molecule has 8 heteroatoms. The van der Waals surface area contributed by atoms with Crippen LogP contribution in [0.4, 0.5) is 15.8 Å². The molecule has 0 saturated heterocycles. The maximum Gasteiger partial charge on any atom is 0.259 e. The highest BCUT2D eigenvalue weighted by Crippen LogP contribution is 2.42. The van der Waals surface area contributed by atoms with Gasteiger partial charge in [0.1, 0.15) is 11.6 Å². The number of ether oxygens (including phenoxy) is 2. The van der Waals surface area contributed by atoms with Crippen molar-refractivity contribution in [2.75, 3.05) is 37.6 Å². The first-order chi connectivity index (χ1) is 15.5. The van der Waals surface area contributed by atoms with Gasteiger partial charge in [-0.25, -0.2) is 4.39 Å². The molecule has 4 rings (SSSR count). The monoisotopic (exact) mass is 452 g/mol. The van der Waals surface area contributed by atoms with E-state index in [9.17, 15) is 14.0 Å². The second kappa shape index (κ2) is 9.42. The third kappa shape index (κ3) is 4.32. The summed E-state index contributed by atoms with van der Waals surface area (Å²) in [6.45, 7) is 0.771. The Morgan fingerprint density at radius 2 is 1.88 bits per heavy atom. The van der Waals surface area contributed by atoms with Gasteiger partial charge in [-0.2, -0.15) is 0 Å². The maximum atomic E-state index is 14.3. The molecule has 0 fully saturated rings. The second-order valence-electron chi connectivity index (χ2n) is 7.03. The second-order valence-corrected chi connectivity index (χ2v) is 8.11. The molecule has 2 amide bonds. The largest absolute Gasteiger partial charge is 0.497 e. The van der Waals surface area contributed by atoms with Crippen LogP contribution < -0.4 is 15.0 Å². The summed E-state index contributed by atoms with van der Waals surface area (Å²) >= 11 is 1.44. The quantitative estimate of drug-likeness (QED) is 0.580. The molecule has 0 bridgehead atoms. The van der Waals surface area contributed by atoms with E-state index in [2.05, 4.69) is 5.32 Å². The topological polar surface area (TPSA) is 67.9 Å². The van der Waals surface area contributed by atoms with Crippen molar-refractivity contribution in [1.29, 1.82) is 0 Å². The lowest BCUT2D eigenvalue weighted by Crippen LogP contribution is -2.33. The fraction of sp³-hybridized carbons (Fsp3) is 0.167. The number of methoxy groups -OCH3 is 2. The van der Waals surface area contributed by atoms with Gasteiger partial charge in [-0.1, -0.05) is 23.9 Å². The highest BCUT2D eigenvalue weighted by molar-refractivity contribution is 7.99. The van der Waals surface area contributed by atoms with Gasteiger partial charge in [0.25, 0.3) is 11.8 Å². The first-order valence-corrected chi connectivity index (χ1v) is 10.7. The standard InChI is InChI=1S/C24H21FN2O4S/c1-30-12-11-27-20-10-7-15(26-23(28)17-9-8-16(31-2)14-19(17)25)13-22(20)32-21-6-4-3-5-18(21)24(27)29/h3-10,13-14H,11-12H2,1-2H3,(H,26,28). The number of halogens is 1. The van der Waals surface area contributed by atoms with Crippen molar-refractivity contribution in [2.24, 2.45) is 0 Å². The Hall–Kier alpha value is -3.36. The molecule has 0 radical (unpaired) electrons. The normalized spacial score (nSPS) is 12.6. The number of rotatable bonds is 6. The average Bonchev–Trinajstić information content (AvgIpc) is 2.91. The number of hydrogen-bond donors (Lipinski definition) is 1. The number of anilines is 2. The van der Waals surface area contributed by atoms with Crippen LogP contribution in [0.2, 0.25) is 0 Å². The third-order valence-electron chi connectivity index (χ3n) is 5.03.